The average Bonchev–Trinajstić information content (AvgIpc) is 3.05. The third-order valence-electron chi connectivity index (χ3n) is 5.80. The van der Waals surface area contributed by atoms with Crippen LogP contribution in [0, 0.1) is 11.2 Å². The first-order chi connectivity index (χ1) is 14.3. The number of thioether (sulfide) groups is 1. The van der Waals surface area contributed by atoms with Crippen molar-refractivity contribution >= 4 is 23.6 Å². The molecule has 2 saturated heterocycles. The molecule has 0 aliphatic carbocycles. The third kappa shape index (κ3) is 4.02. The van der Waals surface area contributed by atoms with Gasteiger partial charge < -0.3 is 20.3 Å². The lowest BCUT2D eigenvalue weighted by Crippen LogP contribution is -2.54. The molecule has 2 fully saturated rings. The van der Waals surface area contributed by atoms with Crippen molar-refractivity contribution < 1.29 is 28.6 Å². The van der Waals surface area contributed by atoms with E-state index in [1.165, 1.54) is 23.9 Å². The Labute approximate surface area is 177 Å². The molecule has 2 heterocycles. The second-order valence-corrected chi connectivity index (χ2v) is 8.97. The van der Waals surface area contributed by atoms with Gasteiger partial charge in [-0.25, -0.2) is 4.39 Å². The van der Waals surface area contributed by atoms with Crippen LogP contribution in [0.3, 0.4) is 0 Å². The molecule has 3 N–H and O–H groups in total. The summed E-state index contributed by atoms with van der Waals surface area (Å²) in [6.07, 6.45) is 1.34. The smallest absolute Gasteiger partial charge is 0.310 e. The Hall–Kier alpha value is -2.58. The fraction of sp³-hybridized carbons (Fsp3) is 0.364. The van der Waals surface area contributed by atoms with E-state index in [9.17, 15) is 19.1 Å². The van der Waals surface area contributed by atoms with Gasteiger partial charge in [-0.2, -0.15) is 0 Å². The maximum Gasteiger partial charge on any atom is 0.310 e. The number of carboxylic acids is 1. The van der Waals surface area contributed by atoms with E-state index in [0.29, 0.717) is 36.5 Å². The van der Waals surface area contributed by atoms with Gasteiger partial charge in [0.1, 0.15) is 22.9 Å². The zero-order chi connectivity index (χ0) is 21.4. The number of aliphatic carboxylic acids is 1. The van der Waals surface area contributed by atoms with Crippen molar-refractivity contribution in [2.75, 3.05) is 5.75 Å². The fourth-order valence-electron chi connectivity index (χ4n) is 4.23. The molecule has 2 aromatic rings. The molecule has 158 valence electrons. The monoisotopic (exact) mass is 431 g/mol. The van der Waals surface area contributed by atoms with Crippen molar-refractivity contribution in [2.24, 2.45) is 11.1 Å². The summed E-state index contributed by atoms with van der Waals surface area (Å²) in [5.41, 5.74) is 3.32. The van der Waals surface area contributed by atoms with Gasteiger partial charge >= 0.3 is 5.97 Å². The fourth-order valence-corrected chi connectivity index (χ4v) is 5.34. The summed E-state index contributed by atoms with van der Waals surface area (Å²) in [6, 6.07) is 13.0. The second-order valence-electron chi connectivity index (χ2n) is 7.92. The molecular weight excluding hydrogens is 409 g/mol. The number of carbonyl (C=O) groups excluding carboxylic acids is 1. The number of primary amides is 1. The number of amides is 1. The summed E-state index contributed by atoms with van der Waals surface area (Å²) in [5.74, 6) is -0.405. The summed E-state index contributed by atoms with van der Waals surface area (Å²) in [7, 11) is 0. The highest BCUT2D eigenvalue weighted by molar-refractivity contribution is 7.99. The molecule has 2 aliphatic rings. The van der Waals surface area contributed by atoms with Gasteiger partial charge in [-0.3, -0.25) is 9.59 Å². The molecular formula is C22H22FNO5S. The summed E-state index contributed by atoms with van der Waals surface area (Å²) >= 11 is 1.42. The summed E-state index contributed by atoms with van der Waals surface area (Å²) < 4.78 is 24.5. The number of carbonyl (C=O) groups is 2. The molecule has 6 nitrogen and oxygen atoms in total. The van der Waals surface area contributed by atoms with Crippen LogP contribution in [0.4, 0.5) is 4.39 Å². The molecule has 1 amide bonds. The number of fused-ring (bicyclic) bond motifs is 2. The number of halogens is 1. The molecule has 0 saturated carbocycles. The highest BCUT2D eigenvalue weighted by Gasteiger charge is 2.59. The topological polar surface area (TPSA) is 98.9 Å². The average molecular weight is 431 g/mol. The molecule has 3 unspecified atom stereocenters. The lowest BCUT2D eigenvalue weighted by molar-refractivity contribution is -0.174. The SMILES string of the molecule is NC(=O)C12CCC(CC(CSc3ccc(Oc4ccc(F)cc4)cc3)(C(=O)O)C1)O2. The van der Waals surface area contributed by atoms with Gasteiger partial charge in [-0.1, -0.05) is 0 Å². The minimum Gasteiger partial charge on any atom is -0.481 e. The zero-order valence-electron chi connectivity index (χ0n) is 16.2. The first-order valence-electron chi connectivity index (χ1n) is 9.68. The normalized spacial score (nSPS) is 27.6. The van der Waals surface area contributed by atoms with Gasteiger partial charge in [-0.15, -0.1) is 11.8 Å². The van der Waals surface area contributed by atoms with Crippen molar-refractivity contribution in [3.05, 3.63) is 54.3 Å². The van der Waals surface area contributed by atoms with Crippen molar-refractivity contribution in [2.45, 2.75) is 42.3 Å². The Balaban J connectivity index is 1.44. The van der Waals surface area contributed by atoms with Crippen LogP contribution in [0.2, 0.25) is 0 Å². The van der Waals surface area contributed by atoms with E-state index in [2.05, 4.69) is 0 Å². The molecule has 8 heteroatoms. The standard InChI is InChI=1S/C22H22FNO5S/c23-14-1-3-15(4-2-14)28-16-5-7-18(8-6-16)30-13-21(20(26)27)11-17-9-10-22(12-21,29-17)19(24)25/h1-8,17H,9-13H2,(H2,24,25)(H,26,27). The number of rotatable bonds is 7. The van der Waals surface area contributed by atoms with Gasteiger partial charge in [0.15, 0.2) is 0 Å². The van der Waals surface area contributed by atoms with Gasteiger partial charge in [-0.05, 0) is 67.8 Å². The molecule has 2 aromatic carbocycles. The van der Waals surface area contributed by atoms with Gasteiger partial charge in [0, 0.05) is 17.1 Å². The van der Waals surface area contributed by atoms with Crippen molar-refractivity contribution in [1.82, 2.24) is 0 Å². The van der Waals surface area contributed by atoms with Gasteiger partial charge in [0.25, 0.3) is 0 Å². The Morgan fingerprint density at radius 3 is 2.40 bits per heavy atom. The lowest BCUT2D eigenvalue weighted by atomic mass is 9.74. The quantitative estimate of drug-likeness (QED) is 0.644. The van der Waals surface area contributed by atoms with Crippen LogP contribution < -0.4 is 10.5 Å². The highest BCUT2D eigenvalue weighted by atomic mass is 32.2. The van der Waals surface area contributed by atoms with Gasteiger partial charge in [0.05, 0.1) is 11.5 Å². The number of nitrogens with two attached hydrogens (primary N) is 1. The predicted molar refractivity (Wildman–Crippen MR) is 109 cm³/mol. The Kier molecular flexibility index (Phi) is 5.46. The minimum atomic E-state index is -1.17. The van der Waals surface area contributed by atoms with E-state index in [1.807, 2.05) is 12.1 Å². The number of carboxylic acid groups (broad SMARTS) is 1. The van der Waals surface area contributed by atoms with Gasteiger partial charge in [0.2, 0.25) is 5.91 Å². The van der Waals surface area contributed by atoms with Crippen LogP contribution in [-0.4, -0.2) is 34.4 Å². The largest absolute Gasteiger partial charge is 0.481 e. The third-order valence-corrected chi connectivity index (χ3v) is 7.10. The highest BCUT2D eigenvalue weighted by Crippen LogP contribution is 2.51. The zero-order valence-corrected chi connectivity index (χ0v) is 17.0. The Morgan fingerprint density at radius 1 is 1.17 bits per heavy atom. The van der Waals surface area contributed by atoms with Crippen LogP contribution in [-0.2, 0) is 14.3 Å². The first-order valence-corrected chi connectivity index (χ1v) is 10.7. The van der Waals surface area contributed by atoms with E-state index in [0.717, 1.165) is 4.90 Å². The summed E-state index contributed by atoms with van der Waals surface area (Å²) in [6.45, 7) is 0. The first kappa shape index (κ1) is 20.7. The molecule has 0 radical (unpaired) electrons. The van der Waals surface area contributed by atoms with Crippen LogP contribution in [0.25, 0.3) is 0 Å². The van der Waals surface area contributed by atoms with E-state index >= 15 is 0 Å². The molecule has 0 spiro atoms. The predicted octanol–water partition coefficient (Wildman–Crippen LogP) is 3.98. The van der Waals surface area contributed by atoms with Crippen molar-refractivity contribution in [1.29, 1.82) is 0 Å². The second kappa shape index (κ2) is 7.92. The minimum absolute atomic E-state index is 0.0972. The number of ether oxygens (including phenoxy) is 2. The summed E-state index contributed by atoms with van der Waals surface area (Å²) in [5, 5.41) is 9.99. The maximum absolute atomic E-state index is 13.0. The van der Waals surface area contributed by atoms with E-state index in [4.69, 9.17) is 15.2 Å². The molecule has 2 bridgehead atoms. The number of hydrogen-bond acceptors (Lipinski definition) is 5. The van der Waals surface area contributed by atoms with E-state index in [-0.39, 0.29) is 18.3 Å². The molecule has 4 rings (SSSR count). The molecule has 2 aliphatic heterocycles. The van der Waals surface area contributed by atoms with E-state index < -0.39 is 22.9 Å². The van der Waals surface area contributed by atoms with E-state index in [1.54, 1.807) is 24.3 Å². The van der Waals surface area contributed by atoms with Crippen LogP contribution >= 0.6 is 11.8 Å². The Morgan fingerprint density at radius 2 is 1.80 bits per heavy atom. The van der Waals surface area contributed by atoms with Crippen molar-refractivity contribution in [3.8, 4) is 11.5 Å². The molecule has 30 heavy (non-hydrogen) atoms. The Bertz CT molecular complexity index is 951. The maximum atomic E-state index is 13.0. The number of hydrogen-bond donors (Lipinski definition) is 2. The van der Waals surface area contributed by atoms with Crippen LogP contribution in [0.5, 0.6) is 11.5 Å². The molecule has 0 aromatic heterocycles. The van der Waals surface area contributed by atoms with Crippen LogP contribution in [0.1, 0.15) is 25.7 Å². The number of benzene rings is 2. The van der Waals surface area contributed by atoms with Crippen LogP contribution in [0.15, 0.2) is 53.4 Å². The lowest BCUT2D eigenvalue weighted by Gasteiger charge is -2.42. The summed E-state index contributed by atoms with van der Waals surface area (Å²) in [4.78, 5) is 25.1. The molecule has 3 atom stereocenters. The van der Waals surface area contributed by atoms with Crippen molar-refractivity contribution in [3.63, 3.8) is 0 Å².